The smallest absolute Gasteiger partial charge is 0.0499 e. The zero-order valence-corrected chi connectivity index (χ0v) is 39.4. The number of nitrogens with one attached hydrogen (secondary N) is 3. The number of rotatable bonds is 21. The number of benzene rings is 2. The van der Waals surface area contributed by atoms with Crippen molar-refractivity contribution in [1.82, 2.24) is 10.2 Å². The number of likely N-dealkylation sites (N-methyl/N-ethyl adjacent to an activating group) is 1. The lowest BCUT2D eigenvalue weighted by atomic mass is 9.96. The molecular formula is C62H68N4. The first-order valence-electron chi connectivity index (χ1n) is 22.8. The van der Waals surface area contributed by atoms with Gasteiger partial charge in [-0.25, -0.2) is 0 Å². The van der Waals surface area contributed by atoms with Crippen LogP contribution >= 0.6 is 0 Å². The molecule has 0 atom stereocenters. The van der Waals surface area contributed by atoms with Crippen molar-refractivity contribution in [2.45, 2.75) is 40.0 Å². The molecule has 0 radical (unpaired) electrons. The molecule has 0 spiro atoms. The average Bonchev–Trinajstić information content (AvgIpc) is 3.34. The molecule has 2 aliphatic rings. The zero-order chi connectivity index (χ0) is 46.9. The van der Waals surface area contributed by atoms with Crippen molar-refractivity contribution >= 4 is 11.4 Å². The highest BCUT2D eigenvalue weighted by Gasteiger charge is 2.18. The van der Waals surface area contributed by atoms with Gasteiger partial charge in [0.1, 0.15) is 0 Å². The van der Waals surface area contributed by atoms with Crippen molar-refractivity contribution in [2.24, 2.45) is 0 Å². The molecule has 2 aromatic carbocycles. The molecule has 3 N–H and O–H groups in total. The van der Waals surface area contributed by atoms with Gasteiger partial charge < -0.3 is 20.9 Å². The molecule has 4 nitrogen and oxygen atoms in total. The van der Waals surface area contributed by atoms with Crippen LogP contribution < -0.4 is 16.0 Å². The van der Waals surface area contributed by atoms with Gasteiger partial charge in [-0.05, 0) is 122 Å². The van der Waals surface area contributed by atoms with Crippen LogP contribution in [0.1, 0.15) is 40.0 Å². The van der Waals surface area contributed by atoms with E-state index in [1.807, 2.05) is 105 Å². The monoisotopic (exact) mass is 869 g/mol. The maximum absolute atomic E-state index is 4.83. The molecule has 0 fully saturated rings. The van der Waals surface area contributed by atoms with Gasteiger partial charge in [-0.1, -0.05) is 196 Å². The standard InChI is InChI=1S/C62H68N4/c1-7-11-13-17-30-48-66-52(5)49-57(55(10-4)32-9-3)51-60(63-6)42-31-36-54(35-21-15-16-29-46-64-58-38-25-19-26-39-58)50-62(66)61(44-43-53-33-22-18-23-34-53)56(37-24-14-12-8-2)45-47-65-59-40-27-20-28-41-59/h8-17,19-22,24-47,49-51,63-65H,2,5,7,18,23,48H2,1,3-4,6H3/b13-11-,14-12-,16-15-,30-17-,32-9-,35-21-,37-24-,42-31+,44-43-,46-29+,47-45+,54-36-,55-10+,57-49+,60-51+,61-56+,62-50+. The maximum Gasteiger partial charge on any atom is 0.0499 e. The first kappa shape index (κ1) is 50.8. The Morgan fingerprint density at radius 1 is 0.697 bits per heavy atom. The second-order valence-electron chi connectivity index (χ2n) is 14.9. The van der Waals surface area contributed by atoms with Crippen LogP contribution in [-0.4, -0.2) is 18.5 Å². The van der Waals surface area contributed by atoms with E-state index in [2.05, 4.69) is 193 Å². The molecule has 4 heteroatoms. The van der Waals surface area contributed by atoms with Crippen LogP contribution in [0.2, 0.25) is 0 Å². The molecule has 336 valence electrons. The lowest BCUT2D eigenvalue weighted by molar-refractivity contribution is 0.499. The molecule has 2 aromatic rings. The minimum atomic E-state index is 0.547. The minimum absolute atomic E-state index is 0.547. The molecule has 4 rings (SSSR count). The summed E-state index contributed by atoms with van der Waals surface area (Å²) in [5, 5.41) is 10.2. The Hall–Kier alpha value is -7.82. The number of nitrogens with zero attached hydrogens (tertiary/aromatic N) is 1. The van der Waals surface area contributed by atoms with Gasteiger partial charge in [0.25, 0.3) is 0 Å². The van der Waals surface area contributed by atoms with Crippen molar-refractivity contribution in [3.63, 3.8) is 0 Å². The van der Waals surface area contributed by atoms with E-state index in [0.717, 1.165) is 75.6 Å². The van der Waals surface area contributed by atoms with E-state index in [4.69, 9.17) is 6.58 Å². The fraction of sp³-hybridized carbons (Fsp3) is 0.129. The van der Waals surface area contributed by atoms with E-state index in [-0.39, 0.29) is 0 Å². The lowest BCUT2D eigenvalue weighted by Crippen LogP contribution is -2.23. The first-order chi connectivity index (χ1) is 32.5. The molecule has 0 bridgehead atoms. The molecule has 0 unspecified atom stereocenters. The van der Waals surface area contributed by atoms with Crippen LogP contribution in [0.15, 0.2) is 313 Å². The SMILES string of the molecule is C=C/C=C\C=C/C(/C=C/Nc1ccccc1)=C(/C=C\C1=CCCC=C1)C1=C/C(/C=C\C=C/C=C/Nc2ccccc2)=C\C=C\C(NC)=C/C(C(/C=C\C)=C/C)=C\C(=C)N/1C/C=C\C=C/CC. The molecule has 0 saturated carbocycles. The Kier molecular flexibility index (Phi) is 23.9. The third-order valence-corrected chi connectivity index (χ3v) is 10.0. The third-order valence-electron chi connectivity index (χ3n) is 10.0. The van der Waals surface area contributed by atoms with Crippen LogP contribution in [0, 0.1) is 0 Å². The maximum atomic E-state index is 4.83. The van der Waals surface area contributed by atoms with E-state index in [9.17, 15) is 0 Å². The third kappa shape index (κ3) is 18.9. The fourth-order valence-corrected chi connectivity index (χ4v) is 6.67. The van der Waals surface area contributed by atoms with Crippen LogP contribution in [-0.2, 0) is 0 Å². The highest BCUT2D eigenvalue weighted by molar-refractivity contribution is 5.60. The van der Waals surface area contributed by atoms with Crippen LogP contribution in [0.3, 0.4) is 0 Å². The van der Waals surface area contributed by atoms with Gasteiger partial charge in [-0.3, -0.25) is 0 Å². The molecule has 1 heterocycles. The van der Waals surface area contributed by atoms with E-state index in [1.165, 1.54) is 5.57 Å². The Bertz CT molecular complexity index is 2480. The van der Waals surface area contributed by atoms with E-state index < -0.39 is 0 Å². The highest BCUT2D eigenvalue weighted by Crippen LogP contribution is 2.31. The largest absolute Gasteiger partial charge is 0.388 e. The summed E-state index contributed by atoms with van der Waals surface area (Å²) in [5.41, 5.74) is 11.0. The van der Waals surface area contributed by atoms with Crippen molar-refractivity contribution in [1.29, 1.82) is 0 Å². The highest BCUT2D eigenvalue weighted by atomic mass is 15.1. The van der Waals surface area contributed by atoms with Crippen LogP contribution in [0.25, 0.3) is 0 Å². The van der Waals surface area contributed by atoms with E-state index in [1.54, 1.807) is 6.08 Å². The summed E-state index contributed by atoms with van der Waals surface area (Å²) in [6.07, 6.45) is 68.4. The molecule has 1 aliphatic heterocycles. The number of allylic oxidation sites excluding steroid dienone is 33. The normalized spacial score (nSPS) is 19.9. The summed E-state index contributed by atoms with van der Waals surface area (Å²) in [5.74, 6) is 0. The predicted molar refractivity (Wildman–Crippen MR) is 291 cm³/mol. The van der Waals surface area contributed by atoms with E-state index >= 15 is 0 Å². The summed E-state index contributed by atoms with van der Waals surface area (Å²) in [4.78, 5) is 2.31. The number of hydrogen-bond donors (Lipinski definition) is 3. The Morgan fingerprint density at radius 3 is 2.11 bits per heavy atom. The summed E-state index contributed by atoms with van der Waals surface area (Å²) >= 11 is 0. The Morgan fingerprint density at radius 2 is 1.42 bits per heavy atom. The minimum Gasteiger partial charge on any atom is -0.388 e. The van der Waals surface area contributed by atoms with Crippen molar-refractivity contribution in [2.75, 3.05) is 24.2 Å². The molecule has 66 heavy (non-hydrogen) atoms. The summed E-state index contributed by atoms with van der Waals surface area (Å²) in [7, 11) is 1.95. The lowest BCUT2D eigenvalue weighted by Gasteiger charge is -2.30. The van der Waals surface area contributed by atoms with Gasteiger partial charge in [0.05, 0.1) is 0 Å². The Balaban J connectivity index is 2.09. The average molecular weight is 869 g/mol. The van der Waals surface area contributed by atoms with Gasteiger partial charge in [0.2, 0.25) is 0 Å². The topological polar surface area (TPSA) is 39.3 Å². The molecule has 0 aromatic heterocycles. The van der Waals surface area contributed by atoms with Crippen molar-refractivity contribution < 1.29 is 0 Å². The van der Waals surface area contributed by atoms with Crippen molar-refractivity contribution in [3.05, 3.63) is 313 Å². The van der Waals surface area contributed by atoms with Gasteiger partial charge in [-0.2, -0.15) is 0 Å². The second kappa shape index (κ2) is 31.1. The quantitative estimate of drug-likeness (QED) is 0.109. The molecular weight excluding hydrogens is 801 g/mol. The summed E-state index contributed by atoms with van der Waals surface area (Å²) in [6.45, 7) is 15.6. The number of para-hydroxylation sites is 2. The molecule has 0 amide bonds. The fourth-order valence-electron chi connectivity index (χ4n) is 6.67. The van der Waals surface area contributed by atoms with Gasteiger partial charge >= 0.3 is 0 Å². The second-order valence-corrected chi connectivity index (χ2v) is 14.9. The summed E-state index contributed by atoms with van der Waals surface area (Å²) < 4.78 is 0. The Labute approximate surface area is 397 Å². The number of anilines is 2. The number of hydrogen-bond acceptors (Lipinski definition) is 4. The first-order valence-corrected chi connectivity index (χ1v) is 22.8. The predicted octanol–water partition coefficient (Wildman–Crippen LogP) is 16.0. The van der Waals surface area contributed by atoms with Crippen molar-refractivity contribution in [3.8, 4) is 0 Å². The zero-order valence-electron chi connectivity index (χ0n) is 39.4. The van der Waals surface area contributed by atoms with Gasteiger partial charge in [-0.15, -0.1) is 0 Å². The molecule has 0 saturated heterocycles. The van der Waals surface area contributed by atoms with E-state index in [0.29, 0.717) is 6.54 Å². The summed E-state index contributed by atoms with van der Waals surface area (Å²) in [6, 6.07) is 20.3. The van der Waals surface area contributed by atoms with Crippen LogP contribution in [0.4, 0.5) is 11.4 Å². The van der Waals surface area contributed by atoms with Gasteiger partial charge in [0.15, 0.2) is 0 Å². The van der Waals surface area contributed by atoms with Crippen LogP contribution in [0.5, 0.6) is 0 Å². The van der Waals surface area contributed by atoms with Gasteiger partial charge in [0, 0.05) is 60.0 Å². The molecule has 1 aliphatic carbocycles.